The molecule has 0 saturated heterocycles. The predicted octanol–water partition coefficient (Wildman–Crippen LogP) is 4.43. The lowest BCUT2D eigenvalue weighted by Gasteiger charge is -2.09. The molecular formula is C24H22N4O2. The summed E-state index contributed by atoms with van der Waals surface area (Å²) in [6, 6.07) is 25.5. The number of ether oxygens (including phenoxy) is 1. The number of nitrogens with one attached hydrogen (secondary N) is 1. The van der Waals surface area contributed by atoms with Crippen LogP contribution in [0.2, 0.25) is 0 Å². The van der Waals surface area contributed by atoms with Crippen molar-refractivity contribution in [3.8, 4) is 23.1 Å². The summed E-state index contributed by atoms with van der Waals surface area (Å²) in [6.07, 6.45) is 0.334. The zero-order valence-electron chi connectivity index (χ0n) is 16.9. The molecule has 0 radical (unpaired) electrons. The number of hydrogen-bond acceptors (Lipinski definition) is 4. The summed E-state index contributed by atoms with van der Waals surface area (Å²) in [4.78, 5) is 16.8. The largest absolute Gasteiger partial charge is 0.466 e. The smallest absolute Gasteiger partial charge is 0.336 e. The molecule has 1 amide bonds. The van der Waals surface area contributed by atoms with Crippen LogP contribution in [-0.4, -0.2) is 27.8 Å². The Morgan fingerprint density at radius 2 is 1.67 bits per heavy atom. The van der Waals surface area contributed by atoms with Crippen LogP contribution in [0.25, 0.3) is 17.1 Å². The van der Waals surface area contributed by atoms with Gasteiger partial charge in [-0.25, -0.2) is 4.68 Å². The minimum absolute atomic E-state index is 0.0584. The van der Waals surface area contributed by atoms with Gasteiger partial charge < -0.3 is 10.1 Å². The van der Waals surface area contributed by atoms with Gasteiger partial charge in [0.1, 0.15) is 0 Å². The Bertz CT molecular complexity index is 1150. The van der Waals surface area contributed by atoms with E-state index in [9.17, 15) is 4.79 Å². The molecule has 0 unspecified atom stereocenters. The number of carbonyl (C=O) groups is 1. The van der Waals surface area contributed by atoms with Crippen LogP contribution in [0, 0.1) is 6.92 Å². The molecule has 0 aliphatic carbocycles. The average molecular weight is 398 g/mol. The lowest BCUT2D eigenvalue weighted by atomic mass is 10.1. The number of rotatable bonds is 6. The molecule has 0 aliphatic heterocycles. The van der Waals surface area contributed by atoms with Crippen molar-refractivity contribution in [2.24, 2.45) is 0 Å². The standard InChI is InChI=1S/C24H22N4O2/c1-17-8-6-7-11-21(17)23-26-24(30-2)27-28(23)20-14-12-19(13-15-20)25-22(29)16-18-9-4-3-5-10-18/h3-15H,16H2,1-2H3,(H,25,29). The first-order chi connectivity index (χ1) is 14.6. The van der Waals surface area contributed by atoms with Gasteiger partial charge in [-0.05, 0) is 42.3 Å². The molecule has 1 aromatic heterocycles. The second-order valence-corrected chi connectivity index (χ2v) is 6.91. The number of benzene rings is 3. The molecule has 0 saturated carbocycles. The summed E-state index contributed by atoms with van der Waals surface area (Å²) >= 11 is 0. The summed E-state index contributed by atoms with van der Waals surface area (Å²) in [5.41, 5.74) is 4.60. The highest BCUT2D eigenvalue weighted by Gasteiger charge is 2.15. The van der Waals surface area contributed by atoms with E-state index in [4.69, 9.17) is 4.74 Å². The highest BCUT2D eigenvalue weighted by Crippen LogP contribution is 2.26. The van der Waals surface area contributed by atoms with E-state index in [2.05, 4.69) is 15.4 Å². The fourth-order valence-corrected chi connectivity index (χ4v) is 3.23. The van der Waals surface area contributed by atoms with Crippen LogP contribution < -0.4 is 10.1 Å². The zero-order valence-corrected chi connectivity index (χ0v) is 16.9. The number of nitrogens with zero attached hydrogens (tertiary/aromatic N) is 3. The number of carbonyl (C=O) groups excluding carboxylic acids is 1. The molecule has 4 rings (SSSR count). The Kier molecular flexibility index (Phi) is 5.57. The van der Waals surface area contributed by atoms with Crippen LogP contribution in [0.3, 0.4) is 0 Å². The first kappa shape index (κ1) is 19.4. The van der Waals surface area contributed by atoms with Gasteiger partial charge in [0, 0.05) is 11.3 Å². The van der Waals surface area contributed by atoms with E-state index in [1.807, 2.05) is 85.8 Å². The molecule has 0 aliphatic rings. The highest BCUT2D eigenvalue weighted by molar-refractivity contribution is 5.92. The van der Waals surface area contributed by atoms with Crippen molar-refractivity contribution in [2.45, 2.75) is 13.3 Å². The van der Waals surface area contributed by atoms with Gasteiger partial charge in [-0.2, -0.15) is 4.98 Å². The molecule has 150 valence electrons. The number of amides is 1. The van der Waals surface area contributed by atoms with Crippen LogP contribution in [0.15, 0.2) is 78.9 Å². The number of aromatic nitrogens is 3. The molecule has 0 atom stereocenters. The van der Waals surface area contributed by atoms with E-state index < -0.39 is 0 Å². The fraction of sp³-hybridized carbons (Fsp3) is 0.125. The van der Waals surface area contributed by atoms with Gasteiger partial charge >= 0.3 is 6.01 Å². The number of hydrogen-bond donors (Lipinski definition) is 1. The summed E-state index contributed by atoms with van der Waals surface area (Å²) in [7, 11) is 1.55. The highest BCUT2D eigenvalue weighted by atomic mass is 16.5. The number of aryl methyl sites for hydroxylation is 1. The average Bonchev–Trinajstić information content (AvgIpc) is 3.19. The molecular weight excluding hydrogens is 376 g/mol. The number of anilines is 1. The summed E-state index contributed by atoms with van der Waals surface area (Å²) in [5.74, 6) is 0.641. The van der Waals surface area contributed by atoms with E-state index in [0.29, 0.717) is 18.3 Å². The van der Waals surface area contributed by atoms with E-state index in [1.165, 1.54) is 0 Å². The number of methoxy groups -OCH3 is 1. The summed E-state index contributed by atoms with van der Waals surface area (Å²) in [6.45, 7) is 2.03. The molecule has 0 fully saturated rings. The van der Waals surface area contributed by atoms with Gasteiger partial charge in [0.05, 0.1) is 19.2 Å². The van der Waals surface area contributed by atoms with Crippen molar-refractivity contribution in [1.82, 2.24) is 14.8 Å². The first-order valence-electron chi connectivity index (χ1n) is 9.65. The van der Waals surface area contributed by atoms with Gasteiger partial charge in [-0.3, -0.25) is 4.79 Å². The van der Waals surface area contributed by atoms with Crippen LogP contribution in [0.1, 0.15) is 11.1 Å². The second kappa shape index (κ2) is 8.61. The maximum Gasteiger partial charge on any atom is 0.336 e. The Balaban J connectivity index is 1.56. The van der Waals surface area contributed by atoms with Crippen LogP contribution in [0.5, 0.6) is 6.01 Å². The third-order valence-corrected chi connectivity index (χ3v) is 4.76. The van der Waals surface area contributed by atoms with Gasteiger partial charge in [0.25, 0.3) is 0 Å². The molecule has 1 N–H and O–H groups in total. The topological polar surface area (TPSA) is 69.0 Å². The van der Waals surface area contributed by atoms with Crippen molar-refractivity contribution in [1.29, 1.82) is 0 Å². The van der Waals surface area contributed by atoms with Crippen LogP contribution >= 0.6 is 0 Å². The predicted molar refractivity (Wildman–Crippen MR) is 117 cm³/mol. The first-order valence-corrected chi connectivity index (χ1v) is 9.65. The zero-order chi connectivity index (χ0) is 20.9. The molecule has 0 spiro atoms. The minimum Gasteiger partial charge on any atom is -0.466 e. The van der Waals surface area contributed by atoms with Crippen molar-refractivity contribution in [3.63, 3.8) is 0 Å². The van der Waals surface area contributed by atoms with Crippen LogP contribution in [0.4, 0.5) is 5.69 Å². The third-order valence-electron chi connectivity index (χ3n) is 4.76. The maximum atomic E-state index is 12.3. The molecule has 4 aromatic rings. The normalized spacial score (nSPS) is 10.6. The fourth-order valence-electron chi connectivity index (χ4n) is 3.23. The lowest BCUT2D eigenvalue weighted by Crippen LogP contribution is -2.14. The minimum atomic E-state index is -0.0584. The Labute approximate surface area is 175 Å². The monoisotopic (exact) mass is 398 g/mol. The van der Waals surface area contributed by atoms with Gasteiger partial charge in [-0.1, -0.05) is 54.6 Å². The molecule has 6 nitrogen and oxygen atoms in total. The Morgan fingerprint density at radius 3 is 2.37 bits per heavy atom. The molecule has 6 heteroatoms. The molecule has 1 heterocycles. The van der Waals surface area contributed by atoms with E-state index in [-0.39, 0.29) is 5.91 Å². The van der Waals surface area contributed by atoms with Gasteiger partial charge in [0.2, 0.25) is 5.91 Å². The summed E-state index contributed by atoms with van der Waals surface area (Å²) < 4.78 is 7.00. The molecule has 0 bridgehead atoms. The summed E-state index contributed by atoms with van der Waals surface area (Å²) in [5, 5.41) is 7.39. The van der Waals surface area contributed by atoms with Crippen molar-refractivity contribution < 1.29 is 9.53 Å². The van der Waals surface area contributed by atoms with Crippen LogP contribution in [-0.2, 0) is 11.2 Å². The van der Waals surface area contributed by atoms with Crippen molar-refractivity contribution in [2.75, 3.05) is 12.4 Å². The van der Waals surface area contributed by atoms with Crippen molar-refractivity contribution >= 4 is 11.6 Å². The van der Waals surface area contributed by atoms with Gasteiger partial charge in [-0.15, -0.1) is 5.10 Å². The van der Waals surface area contributed by atoms with E-state index in [0.717, 1.165) is 28.1 Å². The maximum absolute atomic E-state index is 12.3. The lowest BCUT2D eigenvalue weighted by molar-refractivity contribution is -0.115. The van der Waals surface area contributed by atoms with E-state index in [1.54, 1.807) is 11.8 Å². The quantitative estimate of drug-likeness (QED) is 0.522. The second-order valence-electron chi connectivity index (χ2n) is 6.91. The third kappa shape index (κ3) is 4.22. The SMILES string of the molecule is COc1nc(-c2ccccc2C)n(-c2ccc(NC(=O)Cc3ccccc3)cc2)n1. The molecule has 3 aromatic carbocycles. The molecule has 30 heavy (non-hydrogen) atoms. The van der Waals surface area contributed by atoms with E-state index >= 15 is 0 Å². The van der Waals surface area contributed by atoms with Gasteiger partial charge in [0.15, 0.2) is 5.82 Å². The van der Waals surface area contributed by atoms with Crippen molar-refractivity contribution in [3.05, 3.63) is 90.0 Å². The Morgan fingerprint density at radius 1 is 0.967 bits per heavy atom. The Hall–Kier alpha value is -3.93.